The highest BCUT2D eigenvalue weighted by Crippen LogP contribution is 2.59. The lowest BCUT2D eigenvalue weighted by Crippen LogP contribution is -2.51. The van der Waals surface area contributed by atoms with Gasteiger partial charge in [-0.05, 0) is 31.1 Å². The van der Waals surface area contributed by atoms with Gasteiger partial charge in [-0.1, -0.05) is 19.8 Å². The number of esters is 1. The van der Waals surface area contributed by atoms with Crippen LogP contribution in [-0.4, -0.2) is 24.6 Å². The van der Waals surface area contributed by atoms with Gasteiger partial charge in [0.15, 0.2) is 0 Å². The summed E-state index contributed by atoms with van der Waals surface area (Å²) in [4.78, 5) is 36.5. The van der Waals surface area contributed by atoms with Gasteiger partial charge in [0, 0.05) is 19.3 Å². The van der Waals surface area contributed by atoms with Gasteiger partial charge in [0.25, 0.3) is 0 Å². The first kappa shape index (κ1) is 15.2. The molecule has 0 heterocycles. The van der Waals surface area contributed by atoms with Gasteiger partial charge >= 0.3 is 5.97 Å². The minimum atomic E-state index is -0.798. The minimum absolute atomic E-state index is 0.119. The van der Waals surface area contributed by atoms with Crippen molar-refractivity contribution in [3.05, 3.63) is 0 Å². The van der Waals surface area contributed by atoms with E-state index in [4.69, 9.17) is 4.74 Å². The fourth-order valence-corrected chi connectivity index (χ4v) is 4.45. The summed E-state index contributed by atoms with van der Waals surface area (Å²) in [5.41, 5.74) is -1.13. The summed E-state index contributed by atoms with van der Waals surface area (Å²) in [7, 11) is 1.38. The van der Waals surface area contributed by atoms with Crippen molar-refractivity contribution in [3.8, 4) is 0 Å². The van der Waals surface area contributed by atoms with Crippen LogP contribution in [0.4, 0.5) is 0 Å². The van der Waals surface area contributed by atoms with Crippen LogP contribution in [0.15, 0.2) is 0 Å². The van der Waals surface area contributed by atoms with Crippen LogP contribution >= 0.6 is 0 Å². The fraction of sp³-hybridized carbons (Fsp3) is 0.812. The smallest absolute Gasteiger partial charge is 0.305 e. The highest BCUT2D eigenvalue weighted by atomic mass is 16.5. The van der Waals surface area contributed by atoms with E-state index in [-0.39, 0.29) is 23.0 Å². The van der Waals surface area contributed by atoms with Crippen molar-refractivity contribution in [3.63, 3.8) is 0 Å². The number of rotatable bonds is 4. The molecule has 0 aromatic carbocycles. The molecule has 20 heavy (non-hydrogen) atoms. The summed E-state index contributed by atoms with van der Waals surface area (Å²) in [5, 5.41) is 0. The zero-order chi connectivity index (χ0) is 14.8. The van der Waals surface area contributed by atoms with Crippen molar-refractivity contribution >= 4 is 17.5 Å². The van der Waals surface area contributed by atoms with Crippen molar-refractivity contribution in [2.45, 2.75) is 64.7 Å². The van der Waals surface area contributed by atoms with E-state index < -0.39 is 5.41 Å². The molecule has 2 aliphatic rings. The molecule has 1 spiro atoms. The molecule has 4 nitrogen and oxygen atoms in total. The van der Waals surface area contributed by atoms with Gasteiger partial charge in [-0.2, -0.15) is 0 Å². The quantitative estimate of drug-likeness (QED) is 0.587. The van der Waals surface area contributed by atoms with Crippen molar-refractivity contribution in [1.29, 1.82) is 0 Å². The van der Waals surface area contributed by atoms with Gasteiger partial charge < -0.3 is 4.74 Å². The molecule has 0 N–H and O–H groups in total. The Morgan fingerprint density at radius 2 is 1.75 bits per heavy atom. The monoisotopic (exact) mass is 280 g/mol. The van der Waals surface area contributed by atoms with Crippen molar-refractivity contribution in [2.24, 2.45) is 10.8 Å². The zero-order valence-corrected chi connectivity index (χ0v) is 12.5. The van der Waals surface area contributed by atoms with E-state index >= 15 is 0 Å². The first-order valence-electron chi connectivity index (χ1n) is 7.66. The van der Waals surface area contributed by atoms with Crippen LogP contribution in [0, 0.1) is 10.8 Å². The van der Waals surface area contributed by atoms with Crippen LogP contribution < -0.4 is 0 Å². The van der Waals surface area contributed by atoms with E-state index in [0.717, 1.165) is 25.7 Å². The number of ether oxygens (including phenoxy) is 1. The molecular weight excluding hydrogens is 256 g/mol. The average Bonchev–Trinajstić information content (AvgIpc) is 2.76. The van der Waals surface area contributed by atoms with E-state index in [0.29, 0.717) is 32.1 Å². The number of hydrogen-bond donors (Lipinski definition) is 0. The molecule has 2 aliphatic carbocycles. The molecule has 0 aromatic heterocycles. The lowest BCUT2D eigenvalue weighted by atomic mass is 9.51. The third kappa shape index (κ3) is 2.09. The highest BCUT2D eigenvalue weighted by molar-refractivity contribution is 6.13. The third-order valence-corrected chi connectivity index (χ3v) is 5.61. The van der Waals surface area contributed by atoms with Gasteiger partial charge in [0.2, 0.25) is 0 Å². The Morgan fingerprint density at radius 1 is 1.15 bits per heavy atom. The van der Waals surface area contributed by atoms with Crippen molar-refractivity contribution in [2.75, 3.05) is 7.11 Å². The molecule has 0 saturated heterocycles. The number of ketones is 2. The molecule has 2 saturated carbocycles. The first-order chi connectivity index (χ1) is 9.52. The van der Waals surface area contributed by atoms with E-state index in [9.17, 15) is 14.4 Å². The second-order valence-corrected chi connectivity index (χ2v) is 6.17. The highest BCUT2D eigenvalue weighted by Gasteiger charge is 2.62. The minimum Gasteiger partial charge on any atom is -0.469 e. The van der Waals surface area contributed by atoms with Crippen LogP contribution in [0.3, 0.4) is 0 Å². The van der Waals surface area contributed by atoms with Gasteiger partial charge in [0.1, 0.15) is 11.6 Å². The fourth-order valence-electron chi connectivity index (χ4n) is 4.45. The van der Waals surface area contributed by atoms with Crippen LogP contribution in [-0.2, 0) is 19.1 Å². The number of carbonyl (C=O) groups is 3. The van der Waals surface area contributed by atoms with Gasteiger partial charge in [-0.3, -0.25) is 14.4 Å². The largest absolute Gasteiger partial charge is 0.469 e. The summed E-state index contributed by atoms with van der Waals surface area (Å²) in [6.07, 6.45) is 5.98. The predicted molar refractivity (Wildman–Crippen MR) is 74.1 cm³/mol. The Labute approximate surface area is 120 Å². The molecule has 2 fully saturated rings. The van der Waals surface area contributed by atoms with Gasteiger partial charge in [-0.15, -0.1) is 0 Å². The molecule has 0 aliphatic heterocycles. The Bertz CT molecular complexity index is 410. The van der Waals surface area contributed by atoms with Crippen molar-refractivity contribution < 1.29 is 19.1 Å². The normalized spacial score (nSPS) is 28.9. The summed E-state index contributed by atoms with van der Waals surface area (Å²) in [6.45, 7) is 2.04. The second kappa shape index (κ2) is 5.66. The SMILES string of the molecule is CCC1(CCC(=O)OC)CCCCC12C(=O)CCC2=O. The molecule has 0 bridgehead atoms. The predicted octanol–water partition coefficient (Wildman–Crippen LogP) is 2.83. The van der Waals surface area contributed by atoms with Crippen molar-refractivity contribution in [1.82, 2.24) is 0 Å². The summed E-state index contributed by atoms with van der Waals surface area (Å²) in [5.74, 6) is -0.0146. The maximum atomic E-state index is 12.5. The molecule has 0 amide bonds. The number of methoxy groups -OCH3 is 1. The van der Waals surface area contributed by atoms with Crippen LogP contribution in [0.1, 0.15) is 64.7 Å². The molecule has 1 atom stereocenters. The van der Waals surface area contributed by atoms with Crippen LogP contribution in [0.2, 0.25) is 0 Å². The molecule has 0 aromatic rings. The molecule has 1 unspecified atom stereocenters. The summed E-state index contributed by atoms with van der Waals surface area (Å²) >= 11 is 0. The Balaban J connectivity index is 2.33. The average molecular weight is 280 g/mol. The topological polar surface area (TPSA) is 60.4 Å². The summed E-state index contributed by atoms with van der Waals surface area (Å²) in [6, 6.07) is 0. The lowest BCUT2D eigenvalue weighted by Gasteiger charge is -2.50. The van der Waals surface area contributed by atoms with Crippen LogP contribution in [0.5, 0.6) is 0 Å². The maximum absolute atomic E-state index is 12.5. The zero-order valence-electron chi connectivity index (χ0n) is 12.5. The number of hydrogen-bond acceptors (Lipinski definition) is 4. The van der Waals surface area contributed by atoms with Gasteiger partial charge in [0.05, 0.1) is 12.5 Å². The Morgan fingerprint density at radius 3 is 2.30 bits per heavy atom. The second-order valence-electron chi connectivity index (χ2n) is 6.17. The van der Waals surface area contributed by atoms with E-state index in [1.54, 1.807) is 0 Å². The van der Waals surface area contributed by atoms with E-state index in [1.807, 2.05) is 6.92 Å². The number of Topliss-reactive ketones (excluding diaryl/α,β-unsaturated/α-hetero) is 2. The summed E-state index contributed by atoms with van der Waals surface area (Å²) < 4.78 is 4.73. The molecule has 0 radical (unpaired) electrons. The van der Waals surface area contributed by atoms with E-state index in [1.165, 1.54) is 7.11 Å². The maximum Gasteiger partial charge on any atom is 0.305 e. The lowest BCUT2D eigenvalue weighted by molar-refractivity contribution is -0.153. The van der Waals surface area contributed by atoms with Crippen LogP contribution in [0.25, 0.3) is 0 Å². The molecule has 4 heteroatoms. The first-order valence-corrected chi connectivity index (χ1v) is 7.66. The van der Waals surface area contributed by atoms with Gasteiger partial charge in [-0.25, -0.2) is 0 Å². The molecular formula is C16H24O4. The molecule has 112 valence electrons. The Hall–Kier alpha value is -1.19. The van der Waals surface area contributed by atoms with E-state index in [2.05, 4.69) is 0 Å². The number of carbonyl (C=O) groups excluding carboxylic acids is 3. The molecule has 2 rings (SSSR count). The Kier molecular flexibility index (Phi) is 4.31. The third-order valence-electron chi connectivity index (χ3n) is 5.61. The standard InChI is InChI=1S/C16H24O4/c1-3-15(11-8-14(19)20-2)9-4-5-10-16(15)12(17)6-7-13(16)18/h3-11H2,1-2H3.